The Bertz CT molecular complexity index is 642. The summed E-state index contributed by atoms with van der Waals surface area (Å²) < 4.78 is 170. The van der Waals surface area contributed by atoms with Crippen molar-refractivity contribution < 1.29 is 205 Å². The van der Waals surface area contributed by atoms with Gasteiger partial charge in [0.05, 0.1) is 0 Å². The van der Waals surface area contributed by atoms with Gasteiger partial charge >= 0.3 is 55.7 Å². The van der Waals surface area contributed by atoms with Gasteiger partial charge in [-0.2, -0.15) is 0 Å². The van der Waals surface area contributed by atoms with E-state index in [1.54, 1.807) is 0 Å². The maximum absolute atomic E-state index is 8.52. The van der Waals surface area contributed by atoms with Crippen molar-refractivity contribution in [2.75, 3.05) is 0 Å². The van der Waals surface area contributed by atoms with Gasteiger partial charge in [-0.1, -0.05) is 0 Å². The van der Waals surface area contributed by atoms with Gasteiger partial charge in [-0.15, -0.1) is 0 Å². The van der Waals surface area contributed by atoms with E-state index in [4.69, 9.17) is 87.6 Å². The van der Waals surface area contributed by atoms with E-state index in [2.05, 4.69) is 0 Å². The number of hydrogen-bond donors (Lipinski definition) is 0. The molecule has 0 amide bonds. The molecular weight excluding hydrogens is 810 g/mol. The molecule has 0 N–H and O–H groups in total. The molecule has 20 nitrogen and oxygen atoms in total. The zero-order chi connectivity index (χ0) is 22.5. The molecule has 0 rings (SSSR count). The predicted octanol–water partition coefficient (Wildman–Crippen LogP) is -21.7. The zero-order valence-electron chi connectivity index (χ0n) is 13.4. The van der Waals surface area contributed by atoms with E-state index in [0.29, 0.717) is 0 Å². The van der Waals surface area contributed by atoms with Crippen molar-refractivity contribution in [3.05, 3.63) is 0 Å². The fourth-order valence-electron chi connectivity index (χ4n) is 0. The summed E-state index contributed by atoms with van der Waals surface area (Å²) in [5, 5.41) is 0. The molecule has 0 spiro atoms. The van der Waals surface area contributed by atoms with Crippen LogP contribution in [0.3, 0.4) is 0 Å². The monoisotopic (exact) mass is 807 g/mol. The summed E-state index contributed by atoms with van der Waals surface area (Å²) in [6.45, 7) is 0. The van der Waals surface area contributed by atoms with Gasteiger partial charge in [-0.25, -0.2) is 0 Å². The molecule has 0 aromatic heterocycles. The Balaban J connectivity index is -0.0000000130. The van der Waals surface area contributed by atoms with Crippen molar-refractivity contribution in [2.24, 2.45) is 0 Å². The first kappa shape index (κ1) is 83.5. The van der Waals surface area contributed by atoms with Crippen molar-refractivity contribution >= 4 is 52.0 Å². The van der Waals surface area contributed by atoms with E-state index in [-0.39, 0.29) is 118 Å². The molecule has 33 heavy (non-hydrogen) atoms. The molecule has 0 aliphatic rings. The van der Waals surface area contributed by atoms with Crippen molar-refractivity contribution in [2.45, 2.75) is 0 Å². The number of halogens is 5. The summed E-state index contributed by atoms with van der Waals surface area (Å²) >= 11 is 0. The summed E-state index contributed by atoms with van der Waals surface area (Å²) in [6, 6.07) is 0. The first-order valence-corrected chi connectivity index (χ1v) is 10.0. The molecule has 0 bridgehead atoms. The second-order valence-electron chi connectivity index (χ2n) is 2.04. The van der Waals surface area contributed by atoms with Crippen LogP contribution in [-0.2, 0) is 108 Å². The second-order valence-corrected chi connectivity index (χ2v) is 6.12. The predicted molar refractivity (Wildman–Crippen MR) is 52.4 cm³/mol. The van der Waals surface area contributed by atoms with Gasteiger partial charge in [-0.3, -0.25) is 42.1 Å². The minimum Gasteiger partial charge on any atom is -1.00 e. The van der Waals surface area contributed by atoms with E-state index < -0.39 is 52.0 Å². The Labute approximate surface area is 254 Å². The quantitative estimate of drug-likeness (QED) is 0.162. The van der Waals surface area contributed by atoms with Gasteiger partial charge < -0.3 is 108 Å². The topological polar surface area (TPSA) is 401 Å². The van der Waals surface area contributed by atoms with Crippen LogP contribution < -0.4 is 62.0 Å². The molecule has 0 unspecified atom stereocenters. The Hall–Kier alpha value is 2.55. The number of hydrogen-bond acceptors (Lipinski definition) is 20. The minimum atomic E-state index is -5.17. The third-order valence-corrected chi connectivity index (χ3v) is 0. The van der Waals surface area contributed by atoms with Crippen LogP contribution >= 0.6 is 0 Å². The van der Waals surface area contributed by atoms with Crippen molar-refractivity contribution in [3.63, 3.8) is 0 Å². The molecule has 0 saturated carbocycles. The zero-order valence-corrected chi connectivity index (χ0v) is 25.5. The van der Waals surface area contributed by atoms with Gasteiger partial charge in [0.2, 0.25) is 0 Å². The summed E-state index contributed by atoms with van der Waals surface area (Å²) in [7, 11) is -25.8. The molecule has 0 heterocycles. The fourth-order valence-corrected chi connectivity index (χ4v) is 0. The Morgan fingerprint density at radius 2 is 0.242 bits per heavy atom. The average Bonchev–Trinajstić information content (AvgIpc) is 1.79. The second kappa shape index (κ2) is 36.7. The SMILES string of the molecule is O=S(=O)([O-])[O-].O=S(=O)([O-])[O-].O=S(=O)([O-])[O-].O=S(=O)([O-])[O-].O=S(=O)([O-])[O-].[Cl-].[Cl-].[Cl-].[Cl-].[Cl-].[V+5].[V+5].[V+5]. The molecule has 0 radical (unpaired) electrons. The molecule has 0 saturated heterocycles. The van der Waals surface area contributed by atoms with E-state index in [0.717, 1.165) is 0 Å². The molecule has 33 heteroatoms. The van der Waals surface area contributed by atoms with Crippen LogP contribution in [0.5, 0.6) is 0 Å². The van der Waals surface area contributed by atoms with Crippen LogP contribution in [0, 0.1) is 0 Å². The maximum atomic E-state index is 8.52. The molecule has 0 atom stereocenters. The Kier molecular flexibility index (Phi) is 92.8. The summed E-state index contributed by atoms with van der Waals surface area (Å²) in [6.07, 6.45) is 0. The first-order chi connectivity index (χ1) is 10.0. The van der Waals surface area contributed by atoms with Crippen LogP contribution in [0.2, 0.25) is 0 Å². The van der Waals surface area contributed by atoms with Crippen LogP contribution in [-0.4, -0.2) is 87.6 Å². The van der Waals surface area contributed by atoms with Crippen LogP contribution in [0.25, 0.3) is 0 Å². The molecular formula is Cl5O20S5V3. The molecule has 0 fully saturated rings. The van der Waals surface area contributed by atoms with Gasteiger partial charge in [0.15, 0.2) is 0 Å². The standard InChI is InChI=1S/5ClH.5H2O4S.3V/c;;;;;5*1-5(2,3)4;;;/h5*1H;5*(H2,1,2,3,4);;;/q;;;;;;;;;;3*+5/p-15. The third-order valence-electron chi connectivity index (χ3n) is 0. The maximum Gasteiger partial charge on any atom is 5.00 e. The first-order valence-electron chi connectivity index (χ1n) is 3.33. The van der Waals surface area contributed by atoms with Gasteiger partial charge in [0.1, 0.15) is 0 Å². The smallest absolute Gasteiger partial charge is 1.00 e. The van der Waals surface area contributed by atoms with E-state index in [1.165, 1.54) is 0 Å². The van der Waals surface area contributed by atoms with Gasteiger partial charge in [0, 0.05) is 52.0 Å². The average molecular weight is 810 g/mol. The van der Waals surface area contributed by atoms with Crippen LogP contribution in [0.15, 0.2) is 0 Å². The Morgan fingerprint density at radius 3 is 0.242 bits per heavy atom. The summed E-state index contributed by atoms with van der Waals surface area (Å²) in [4.78, 5) is 0. The molecule has 200 valence electrons. The van der Waals surface area contributed by atoms with Gasteiger partial charge in [-0.05, 0) is 0 Å². The van der Waals surface area contributed by atoms with E-state index in [9.17, 15) is 0 Å². The molecule has 0 aromatic rings. The molecule has 0 aromatic carbocycles. The van der Waals surface area contributed by atoms with Crippen LogP contribution in [0.1, 0.15) is 0 Å². The normalized spacial score (nSPS) is 8.79. The third kappa shape index (κ3) is 5620. The van der Waals surface area contributed by atoms with E-state index >= 15 is 0 Å². The van der Waals surface area contributed by atoms with Gasteiger partial charge in [0.25, 0.3) is 0 Å². The van der Waals surface area contributed by atoms with E-state index in [1.807, 2.05) is 0 Å². The van der Waals surface area contributed by atoms with Crippen molar-refractivity contribution in [1.29, 1.82) is 0 Å². The Morgan fingerprint density at radius 1 is 0.242 bits per heavy atom. The summed E-state index contributed by atoms with van der Waals surface area (Å²) in [5.41, 5.74) is 0. The summed E-state index contributed by atoms with van der Waals surface area (Å²) in [5.74, 6) is 0. The fraction of sp³-hybridized carbons (Fsp3) is 0. The largest absolute Gasteiger partial charge is 5.00 e. The minimum absolute atomic E-state index is 0. The van der Waals surface area contributed by atoms with Crippen molar-refractivity contribution in [1.82, 2.24) is 0 Å². The molecule has 0 aliphatic heterocycles. The number of rotatable bonds is 0. The molecule has 0 aliphatic carbocycles. The van der Waals surface area contributed by atoms with Crippen LogP contribution in [0.4, 0.5) is 0 Å². The van der Waals surface area contributed by atoms with Crippen molar-refractivity contribution in [3.8, 4) is 0 Å².